The highest BCUT2D eigenvalue weighted by Crippen LogP contribution is 2.38. The van der Waals surface area contributed by atoms with Gasteiger partial charge in [-0.2, -0.15) is 0 Å². The van der Waals surface area contributed by atoms with E-state index in [2.05, 4.69) is 4.90 Å². The molecule has 1 amide bonds. The fourth-order valence-electron chi connectivity index (χ4n) is 4.13. The van der Waals surface area contributed by atoms with Gasteiger partial charge in [0.1, 0.15) is 11.3 Å². The highest BCUT2D eigenvalue weighted by Gasteiger charge is 2.25. The molecule has 0 radical (unpaired) electrons. The number of anilines is 1. The Morgan fingerprint density at radius 3 is 2.82 bits per heavy atom. The first-order chi connectivity index (χ1) is 16.1. The Morgan fingerprint density at radius 1 is 1.18 bits per heavy atom. The van der Waals surface area contributed by atoms with Gasteiger partial charge in [0.05, 0.1) is 25.0 Å². The minimum atomic E-state index is -0.106. The van der Waals surface area contributed by atoms with E-state index >= 15 is 0 Å². The number of carbonyl (C=O) groups excluding carboxylic acids is 1. The van der Waals surface area contributed by atoms with E-state index in [1.807, 2.05) is 19.1 Å². The Kier molecular flexibility index (Phi) is 6.34. The molecule has 0 N–H and O–H groups in total. The summed E-state index contributed by atoms with van der Waals surface area (Å²) in [6, 6.07) is 9.25. The van der Waals surface area contributed by atoms with E-state index in [0.717, 1.165) is 55.0 Å². The number of morpholine rings is 1. The topological polar surface area (TPSA) is 73.4 Å². The third-order valence-electron chi connectivity index (χ3n) is 5.97. The van der Waals surface area contributed by atoms with Gasteiger partial charge in [-0.3, -0.25) is 14.6 Å². The molecule has 1 aromatic heterocycles. The van der Waals surface area contributed by atoms with Crippen LogP contribution in [0.2, 0.25) is 0 Å². The number of hydrogen-bond acceptors (Lipinski definition) is 8. The molecule has 2 aliphatic heterocycles. The Morgan fingerprint density at radius 2 is 2.00 bits per heavy atom. The maximum atomic E-state index is 13.7. The molecule has 9 heteroatoms. The van der Waals surface area contributed by atoms with Gasteiger partial charge in [0, 0.05) is 31.7 Å². The molecule has 0 bridgehead atoms. The molecular formula is C24H27N3O5S. The number of nitrogens with zero attached hydrogens (tertiary/aromatic N) is 3. The molecular weight excluding hydrogens is 442 g/mol. The zero-order valence-corrected chi connectivity index (χ0v) is 19.7. The van der Waals surface area contributed by atoms with E-state index in [0.29, 0.717) is 34.5 Å². The summed E-state index contributed by atoms with van der Waals surface area (Å²) in [5, 5.41) is 0.669. The lowest BCUT2D eigenvalue weighted by Gasteiger charge is -2.27. The number of amides is 1. The van der Waals surface area contributed by atoms with Crippen molar-refractivity contribution < 1.29 is 23.7 Å². The molecule has 2 aliphatic rings. The highest BCUT2D eigenvalue weighted by atomic mass is 32.1. The number of hydrogen-bond donors (Lipinski definition) is 0. The molecule has 33 heavy (non-hydrogen) atoms. The number of benzene rings is 2. The van der Waals surface area contributed by atoms with E-state index < -0.39 is 0 Å². The first-order valence-corrected chi connectivity index (χ1v) is 11.9. The first kappa shape index (κ1) is 21.9. The smallest absolute Gasteiger partial charge is 0.260 e. The number of aromatic nitrogens is 1. The van der Waals surface area contributed by atoms with Crippen molar-refractivity contribution >= 4 is 32.6 Å². The highest BCUT2D eigenvalue weighted by molar-refractivity contribution is 7.22. The van der Waals surface area contributed by atoms with E-state index in [1.54, 1.807) is 30.2 Å². The Labute approximate surface area is 196 Å². The lowest BCUT2D eigenvalue weighted by molar-refractivity contribution is 0.0376. The lowest BCUT2D eigenvalue weighted by atomic mass is 10.1. The van der Waals surface area contributed by atoms with Gasteiger partial charge in [-0.15, -0.1) is 0 Å². The maximum absolute atomic E-state index is 13.7. The molecule has 1 fully saturated rings. The summed E-state index contributed by atoms with van der Waals surface area (Å²) in [6.07, 6.45) is 0.836. The van der Waals surface area contributed by atoms with Crippen molar-refractivity contribution in [1.82, 2.24) is 9.88 Å². The summed E-state index contributed by atoms with van der Waals surface area (Å²) < 4.78 is 22.9. The zero-order chi connectivity index (χ0) is 22.8. The van der Waals surface area contributed by atoms with Crippen LogP contribution >= 0.6 is 11.3 Å². The zero-order valence-electron chi connectivity index (χ0n) is 18.8. The molecule has 8 nitrogen and oxygen atoms in total. The molecule has 174 valence electrons. The van der Waals surface area contributed by atoms with Gasteiger partial charge in [0.2, 0.25) is 6.79 Å². The van der Waals surface area contributed by atoms with Crippen LogP contribution in [-0.2, 0) is 4.74 Å². The molecule has 0 unspecified atom stereocenters. The van der Waals surface area contributed by atoms with Crippen LogP contribution in [0.3, 0.4) is 0 Å². The SMILES string of the molecule is COc1ccc(C)c2sc(N(CCCN3CCOCC3)C(=O)c3ccc4c(c3)OCO4)nc12. The first-order valence-electron chi connectivity index (χ1n) is 11.1. The van der Waals surface area contributed by atoms with Crippen molar-refractivity contribution in [2.75, 3.05) is 58.2 Å². The van der Waals surface area contributed by atoms with Gasteiger partial charge in [-0.05, 0) is 43.2 Å². The van der Waals surface area contributed by atoms with Crippen LogP contribution in [0.25, 0.3) is 10.2 Å². The standard InChI is InChI=1S/C24H27N3O5S/c1-16-4-6-19(29-2)21-22(16)33-24(25-21)27(9-3-8-26-10-12-30-13-11-26)23(28)17-5-7-18-20(14-17)32-15-31-18/h4-7,14H,3,8-13,15H2,1-2H3. The Balaban J connectivity index is 1.45. The van der Waals surface area contributed by atoms with Crippen LogP contribution in [0.5, 0.6) is 17.2 Å². The minimum absolute atomic E-state index is 0.106. The van der Waals surface area contributed by atoms with Crippen molar-refractivity contribution in [3.63, 3.8) is 0 Å². The van der Waals surface area contributed by atoms with Crippen LogP contribution in [0.15, 0.2) is 30.3 Å². The van der Waals surface area contributed by atoms with E-state index in [9.17, 15) is 4.79 Å². The molecule has 0 saturated carbocycles. The van der Waals surface area contributed by atoms with Crippen molar-refractivity contribution in [3.8, 4) is 17.2 Å². The van der Waals surface area contributed by atoms with E-state index in [4.69, 9.17) is 23.9 Å². The van der Waals surface area contributed by atoms with E-state index in [1.165, 1.54) is 11.3 Å². The normalized spacial score (nSPS) is 15.7. The van der Waals surface area contributed by atoms with Crippen molar-refractivity contribution in [2.24, 2.45) is 0 Å². The third-order valence-corrected chi connectivity index (χ3v) is 7.18. The molecule has 0 spiro atoms. The molecule has 3 heterocycles. The van der Waals surface area contributed by atoms with Crippen LogP contribution in [-0.4, -0.2) is 69.1 Å². The number of fused-ring (bicyclic) bond motifs is 2. The van der Waals surface area contributed by atoms with Gasteiger partial charge in [-0.25, -0.2) is 4.98 Å². The number of thiazole rings is 1. The van der Waals surface area contributed by atoms with Gasteiger partial charge in [0.25, 0.3) is 5.91 Å². The number of methoxy groups -OCH3 is 1. The number of ether oxygens (including phenoxy) is 4. The second kappa shape index (κ2) is 9.54. The van der Waals surface area contributed by atoms with Crippen LogP contribution in [0.1, 0.15) is 22.3 Å². The quantitative estimate of drug-likeness (QED) is 0.522. The largest absolute Gasteiger partial charge is 0.494 e. The monoisotopic (exact) mass is 469 g/mol. The minimum Gasteiger partial charge on any atom is -0.494 e. The fraction of sp³-hybridized carbons (Fsp3) is 0.417. The molecule has 2 aromatic carbocycles. The average Bonchev–Trinajstić information content (AvgIpc) is 3.50. The summed E-state index contributed by atoms with van der Waals surface area (Å²) in [6.45, 7) is 7.06. The number of aryl methyl sites for hydroxylation is 1. The van der Waals surface area contributed by atoms with Crippen LogP contribution < -0.4 is 19.1 Å². The summed E-state index contributed by atoms with van der Waals surface area (Å²) in [7, 11) is 1.64. The second-order valence-corrected chi connectivity index (χ2v) is 9.07. The maximum Gasteiger partial charge on any atom is 0.260 e. The summed E-state index contributed by atoms with van der Waals surface area (Å²) in [4.78, 5) is 22.7. The predicted octanol–water partition coefficient (Wildman–Crippen LogP) is 3.71. The molecule has 5 rings (SSSR count). The van der Waals surface area contributed by atoms with Crippen molar-refractivity contribution in [2.45, 2.75) is 13.3 Å². The van der Waals surface area contributed by atoms with Crippen molar-refractivity contribution in [1.29, 1.82) is 0 Å². The van der Waals surface area contributed by atoms with E-state index in [-0.39, 0.29) is 12.7 Å². The van der Waals surface area contributed by atoms with Crippen LogP contribution in [0.4, 0.5) is 5.13 Å². The molecule has 0 atom stereocenters. The summed E-state index contributed by atoms with van der Waals surface area (Å²) >= 11 is 1.52. The fourth-order valence-corrected chi connectivity index (χ4v) is 5.20. The molecule has 0 aliphatic carbocycles. The summed E-state index contributed by atoms with van der Waals surface area (Å²) in [5.41, 5.74) is 2.45. The van der Waals surface area contributed by atoms with Crippen LogP contribution in [0, 0.1) is 6.92 Å². The van der Waals surface area contributed by atoms with Gasteiger partial charge in [0.15, 0.2) is 16.6 Å². The number of carbonyl (C=O) groups is 1. The Bertz CT molecular complexity index is 1160. The van der Waals surface area contributed by atoms with Gasteiger partial charge in [-0.1, -0.05) is 17.4 Å². The lowest BCUT2D eigenvalue weighted by Crippen LogP contribution is -2.39. The molecule has 1 saturated heterocycles. The Hall–Kier alpha value is -2.88. The molecule has 3 aromatic rings. The van der Waals surface area contributed by atoms with Gasteiger partial charge < -0.3 is 18.9 Å². The average molecular weight is 470 g/mol. The second-order valence-electron chi connectivity index (χ2n) is 8.09. The van der Waals surface area contributed by atoms with Gasteiger partial charge >= 0.3 is 0 Å². The predicted molar refractivity (Wildman–Crippen MR) is 127 cm³/mol. The number of rotatable bonds is 7. The van der Waals surface area contributed by atoms with Crippen molar-refractivity contribution in [3.05, 3.63) is 41.5 Å². The third kappa shape index (κ3) is 4.48. The summed E-state index contributed by atoms with van der Waals surface area (Å²) in [5.74, 6) is 1.86.